The summed E-state index contributed by atoms with van der Waals surface area (Å²) in [5, 5.41) is 10.1. The number of aliphatic imine (C=N–C) groups is 1. The first-order chi connectivity index (χ1) is 7.85. The van der Waals surface area contributed by atoms with Crippen LogP contribution in [0.1, 0.15) is 34.6 Å². The molecule has 0 aromatic carbocycles. The molecular formula is C14H23NO2. The van der Waals surface area contributed by atoms with Crippen LogP contribution in [0, 0.1) is 5.92 Å². The van der Waals surface area contributed by atoms with E-state index >= 15 is 0 Å². The second kappa shape index (κ2) is 5.50. The maximum absolute atomic E-state index is 10.1. The lowest BCUT2D eigenvalue weighted by atomic mass is 10.0. The number of hydrogen-bond acceptors (Lipinski definition) is 3. The van der Waals surface area contributed by atoms with Gasteiger partial charge >= 0.3 is 0 Å². The summed E-state index contributed by atoms with van der Waals surface area (Å²) >= 11 is 0. The van der Waals surface area contributed by atoms with Gasteiger partial charge < -0.3 is 9.84 Å². The Balaban J connectivity index is 2.71. The molecule has 0 saturated carbocycles. The van der Waals surface area contributed by atoms with Crippen molar-refractivity contribution in [2.45, 2.75) is 46.3 Å². The number of hydrogen-bond donors (Lipinski definition) is 1. The molecule has 0 radical (unpaired) electrons. The van der Waals surface area contributed by atoms with Gasteiger partial charge in [-0.1, -0.05) is 30.7 Å². The molecule has 2 atom stereocenters. The molecule has 17 heavy (non-hydrogen) atoms. The summed E-state index contributed by atoms with van der Waals surface area (Å²) in [6.07, 6.45) is 5.38. The fourth-order valence-electron chi connectivity index (χ4n) is 1.81. The highest BCUT2D eigenvalue weighted by Gasteiger charge is 2.31. The van der Waals surface area contributed by atoms with Gasteiger partial charge in [-0.2, -0.15) is 0 Å². The normalized spacial score (nSPS) is 23.4. The third kappa shape index (κ3) is 4.00. The van der Waals surface area contributed by atoms with Crippen LogP contribution in [0.15, 0.2) is 28.8 Å². The van der Waals surface area contributed by atoms with E-state index in [4.69, 9.17) is 4.74 Å². The van der Waals surface area contributed by atoms with Crippen molar-refractivity contribution in [1.82, 2.24) is 0 Å². The molecular weight excluding hydrogens is 214 g/mol. The fourth-order valence-corrected chi connectivity index (χ4v) is 1.81. The smallest absolute Gasteiger partial charge is 0.214 e. The highest BCUT2D eigenvalue weighted by atomic mass is 16.5. The molecule has 1 aliphatic heterocycles. The topological polar surface area (TPSA) is 41.8 Å². The first-order valence-electron chi connectivity index (χ1n) is 6.07. The van der Waals surface area contributed by atoms with Crippen LogP contribution in [0.2, 0.25) is 0 Å². The van der Waals surface area contributed by atoms with E-state index in [1.165, 1.54) is 0 Å². The summed E-state index contributed by atoms with van der Waals surface area (Å²) in [7, 11) is 0. The van der Waals surface area contributed by atoms with Crippen molar-refractivity contribution in [3.05, 3.63) is 23.8 Å². The van der Waals surface area contributed by atoms with Crippen LogP contribution < -0.4 is 0 Å². The summed E-state index contributed by atoms with van der Waals surface area (Å²) in [6, 6.07) is 0. The quantitative estimate of drug-likeness (QED) is 0.764. The van der Waals surface area contributed by atoms with Crippen molar-refractivity contribution in [3.8, 4) is 0 Å². The van der Waals surface area contributed by atoms with E-state index in [-0.39, 0.29) is 11.5 Å². The molecule has 0 aliphatic carbocycles. The maximum atomic E-state index is 10.1. The van der Waals surface area contributed by atoms with E-state index in [2.05, 4.69) is 4.99 Å². The van der Waals surface area contributed by atoms with Crippen LogP contribution in [0.5, 0.6) is 0 Å². The van der Waals surface area contributed by atoms with Crippen molar-refractivity contribution < 1.29 is 9.84 Å². The van der Waals surface area contributed by atoms with Gasteiger partial charge in [0.1, 0.15) is 12.7 Å². The molecule has 0 aromatic rings. The molecule has 0 fully saturated rings. The van der Waals surface area contributed by atoms with E-state index < -0.39 is 6.10 Å². The van der Waals surface area contributed by atoms with Crippen molar-refractivity contribution >= 4 is 5.90 Å². The van der Waals surface area contributed by atoms with E-state index in [0.29, 0.717) is 12.5 Å². The van der Waals surface area contributed by atoms with Gasteiger partial charge in [-0.15, -0.1) is 0 Å². The Morgan fingerprint density at radius 1 is 1.53 bits per heavy atom. The zero-order valence-electron chi connectivity index (χ0n) is 11.4. The summed E-state index contributed by atoms with van der Waals surface area (Å²) < 4.78 is 5.45. The third-order valence-electron chi connectivity index (χ3n) is 2.69. The Morgan fingerprint density at radius 3 is 2.65 bits per heavy atom. The van der Waals surface area contributed by atoms with E-state index in [1.807, 2.05) is 52.8 Å². The van der Waals surface area contributed by atoms with Crippen molar-refractivity contribution in [2.24, 2.45) is 10.9 Å². The number of allylic oxidation sites excluding steroid dienone is 3. The number of rotatable bonds is 4. The first kappa shape index (κ1) is 14.0. The van der Waals surface area contributed by atoms with Gasteiger partial charge in [-0.3, -0.25) is 0 Å². The minimum Gasteiger partial charge on any atom is -0.477 e. The lowest BCUT2D eigenvalue weighted by molar-refractivity contribution is 0.163. The Kier molecular flexibility index (Phi) is 4.52. The Morgan fingerprint density at radius 2 is 2.18 bits per heavy atom. The molecule has 1 N–H and O–H groups in total. The Hall–Kier alpha value is -1.09. The monoisotopic (exact) mass is 237 g/mol. The molecule has 0 saturated heterocycles. The van der Waals surface area contributed by atoms with Gasteiger partial charge in [0.25, 0.3) is 0 Å². The molecule has 0 unspecified atom stereocenters. The molecule has 0 amide bonds. The second-order valence-corrected chi connectivity index (χ2v) is 5.27. The number of aliphatic hydroxyl groups is 1. The Bertz CT molecular complexity index is 353. The average Bonchev–Trinajstić information content (AvgIpc) is 2.58. The standard InChI is InChI=1S/C14H23NO2/c1-6-7-10(2)8-11(3)12(16)13-15-14(4,5)9-17-13/h6-8,11-12,16H,9H2,1-5H3/b7-6+,10-8+/t11-,12-/m1/s1. The minimum absolute atomic E-state index is 0.00106. The van der Waals surface area contributed by atoms with E-state index in [0.717, 1.165) is 5.57 Å². The highest BCUT2D eigenvalue weighted by Crippen LogP contribution is 2.21. The molecule has 3 heteroatoms. The highest BCUT2D eigenvalue weighted by molar-refractivity contribution is 5.83. The van der Waals surface area contributed by atoms with E-state index in [9.17, 15) is 5.11 Å². The van der Waals surface area contributed by atoms with Crippen LogP contribution in [0.3, 0.4) is 0 Å². The predicted molar refractivity (Wildman–Crippen MR) is 71.2 cm³/mol. The number of ether oxygens (including phenoxy) is 1. The molecule has 1 aliphatic rings. The van der Waals surface area contributed by atoms with Crippen LogP contribution in [0.4, 0.5) is 0 Å². The maximum Gasteiger partial charge on any atom is 0.214 e. The summed E-state index contributed by atoms with van der Waals surface area (Å²) in [4.78, 5) is 4.39. The third-order valence-corrected chi connectivity index (χ3v) is 2.69. The number of aliphatic hydroxyl groups excluding tert-OH is 1. The lowest BCUT2D eigenvalue weighted by Crippen LogP contribution is -2.27. The Labute approximate surface area is 104 Å². The van der Waals surface area contributed by atoms with Gasteiger partial charge in [0, 0.05) is 5.92 Å². The predicted octanol–water partition coefficient (Wildman–Crippen LogP) is 2.71. The second-order valence-electron chi connectivity index (χ2n) is 5.27. The molecule has 0 spiro atoms. The van der Waals surface area contributed by atoms with E-state index in [1.54, 1.807) is 0 Å². The molecule has 0 bridgehead atoms. The molecule has 3 nitrogen and oxygen atoms in total. The van der Waals surface area contributed by atoms with Crippen LogP contribution >= 0.6 is 0 Å². The van der Waals surface area contributed by atoms with Crippen molar-refractivity contribution in [3.63, 3.8) is 0 Å². The molecule has 1 rings (SSSR count). The SMILES string of the molecule is C/C=C/C(C)=C/[C@@H](C)[C@@H](O)C1=NC(C)(C)CO1. The largest absolute Gasteiger partial charge is 0.477 e. The lowest BCUT2D eigenvalue weighted by Gasteiger charge is -2.15. The van der Waals surface area contributed by atoms with Gasteiger partial charge in [-0.05, 0) is 27.7 Å². The zero-order chi connectivity index (χ0) is 13.1. The summed E-state index contributed by atoms with van der Waals surface area (Å²) in [5.74, 6) is 0.464. The average molecular weight is 237 g/mol. The van der Waals surface area contributed by atoms with Crippen LogP contribution in [-0.4, -0.2) is 29.3 Å². The van der Waals surface area contributed by atoms with Crippen LogP contribution in [-0.2, 0) is 4.74 Å². The van der Waals surface area contributed by atoms with Crippen molar-refractivity contribution in [2.75, 3.05) is 6.61 Å². The van der Waals surface area contributed by atoms with Gasteiger partial charge in [-0.25, -0.2) is 4.99 Å². The van der Waals surface area contributed by atoms with Gasteiger partial charge in [0.15, 0.2) is 0 Å². The minimum atomic E-state index is -0.656. The summed E-state index contributed by atoms with van der Waals surface area (Å²) in [6.45, 7) is 10.5. The zero-order valence-corrected chi connectivity index (χ0v) is 11.4. The van der Waals surface area contributed by atoms with Gasteiger partial charge in [0.05, 0.1) is 5.54 Å². The van der Waals surface area contributed by atoms with Gasteiger partial charge in [0.2, 0.25) is 5.90 Å². The molecule has 0 aromatic heterocycles. The number of nitrogens with zero attached hydrogens (tertiary/aromatic N) is 1. The van der Waals surface area contributed by atoms with Crippen LogP contribution in [0.25, 0.3) is 0 Å². The summed E-state index contributed by atoms with van der Waals surface area (Å²) in [5.41, 5.74) is 0.926. The molecule has 1 heterocycles. The molecule has 96 valence electrons. The fraction of sp³-hybridized carbons (Fsp3) is 0.643. The first-order valence-corrected chi connectivity index (χ1v) is 6.07. The van der Waals surface area contributed by atoms with Crippen molar-refractivity contribution in [1.29, 1.82) is 0 Å².